The molecular formula is C15H33N2O3P. The molecule has 0 radical (unpaired) electrons. The molecule has 1 aliphatic rings. The first kappa shape index (κ1) is 19.1. The third-order valence-electron chi connectivity index (χ3n) is 4.16. The molecule has 1 aliphatic carbocycles. The van der Waals surface area contributed by atoms with Crippen molar-refractivity contribution in [1.29, 1.82) is 0 Å². The molecular weight excluding hydrogens is 287 g/mol. The van der Waals surface area contributed by atoms with Gasteiger partial charge >= 0.3 is 7.60 Å². The fourth-order valence-corrected chi connectivity index (χ4v) is 5.22. The Balaban J connectivity index is 2.66. The van der Waals surface area contributed by atoms with Gasteiger partial charge < -0.3 is 20.1 Å². The second-order valence-electron chi connectivity index (χ2n) is 7.27. The Hall–Kier alpha value is 0.0700. The maximum atomic E-state index is 12.5. The summed E-state index contributed by atoms with van der Waals surface area (Å²) in [5, 5.41) is 3.41. The molecule has 1 fully saturated rings. The average molecular weight is 320 g/mol. The van der Waals surface area contributed by atoms with Crippen molar-refractivity contribution in [2.24, 2.45) is 16.6 Å². The van der Waals surface area contributed by atoms with E-state index < -0.39 is 7.60 Å². The quantitative estimate of drug-likeness (QED) is 0.671. The zero-order chi connectivity index (χ0) is 16.1. The van der Waals surface area contributed by atoms with E-state index >= 15 is 0 Å². The maximum absolute atomic E-state index is 12.5. The van der Waals surface area contributed by atoms with Crippen molar-refractivity contribution in [3.63, 3.8) is 0 Å². The van der Waals surface area contributed by atoms with Crippen molar-refractivity contribution in [3.8, 4) is 0 Å². The van der Waals surface area contributed by atoms with Crippen LogP contribution in [0.1, 0.15) is 53.9 Å². The van der Waals surface area contributed by atoms with Gasteiger partial charge in [0.15, 0.2) is 0 Å². The molecule has 6 heteroatoms. The highest BCUT2D eigenvalue weighted by molar-refractivity contribution is 7.53. The van der Waals surface area contributed by atoms with Crippen LogP contribution in [0.2, 0.25) is 0 Å². The molecule has 0 bridgehead atoms. The highest BCUT2D eigenvalue weighted by Crippen LogP contribution is 2.49. The molecule has 0 aliphatic heterocycles. The molecule has 5 nitrogen and oxygen atoms in total. The van der Waals surface area contributed by atoms with Gasteiger partial charge in [-0.3, -0.25) is 4.57 Å². The Morgan fingerprint density at radius 3 is 2.24 bits per heavy atom. The summed E-state index contributed by atoms with van der Waals surface area (Å²) in [5.74, 6) is 0. The van der Waals surface area contributed by atoms with Crippen molar-refractivity contribution in [2.75, 3.05) is 26.0 Å². The van der Waals surface area contributed by atoms with E-state index in [1.807, 2.05) is 13.8 Å². The van der Waals surface area contributed by atoms with E-state index in [1.54, 1.807) is 0 Å². The second kappa shape index (κ2) is 7.56. The van der Waals surface area contributed by atoms with Crippen LogP contribution in [-0.4, -0.2) is 32.1 Å². The van der Waals surface area contributed by atoms with Crippen molar-refractivity contribution in [1.82, 2.24) is 5.32 Å². The lowest BCUT2D eigenvalue weighted by Crippen LogP contribution is -2.47. The number of hydrogen-bond acceptors (Lipinski definition) is 5. The van der Waals surface area contributed by atoms with Crippen LogP contribution < -0.4 is 11.1 Å². The third-order valence-corrected chi connectivity index (χ3v) is 6.03. The van der Waals surface area contributed by atoms with Gasteiger partial charge in [-0.25, -0.2) is 0 Å². The van der Waals surface area contributed by atoms with Crippen LogP contribution in [0.3, 0.4) is 0 Å². The predicted octanol–water partition coefficient (Wildman–Crippen LogP) is 3.34. The summed E-state index contributed by atoms with van der Waals surface area (Å²) in [5.41, 5.74) is 6.35. The molecule has 0 aromatic heterocycles. The molecule has 0 aromatic carbocycles. The average Bonchev–Trinajstić information content (AvgIpc) is 2.35. The first-order chi connectivity index (χ1) is 9.67. The molecule has 0 amide bonds. The lowest BCUT2D eigenvalue weighted by molar-refractivity contribution is 0.0779. The van der Waals surface area contributed by atoms with E-state index in [-0.39, 0.29) is 17.1 Å². The molecule has 126 valence electrons. The molecule has 1 rings (SSSR count). The Morgan fingerprint density at radius 2 is 1.76 bits per heavy atom. The van der Waals surface area contributed by atoms with Gasteiger partial charge in [-0.05, 0) is 50.5 Å². The SMILES string of the molecule is CCOP(=O)(CNC1CC(C)(C)CC(C)(CN)C1)OCC. The summed E-state index contributed by atoms with van der Waals surface area (Å²) >= 11 is 0. The van der Waals surface area contributed by atoms with Gasteiger partial charge in [0.1, 0.15) is 0 Å². The second-order valence-corrected chi connectivity index (χ2v) is 9.32. The Labute approximate surface area is 129 Å². The van der Waals surface area contributed by atoms with Crippen LogP contribution in [0, 0.1) is 10.8 Å². The molecule has 21 heavy (non-hydrogen) atoms. The standard InChI is InChI=1S/C15H33N2O3P/c1-6-19-21(18,20-7-2)12-17-13-8-14(3,4)10-15(5,9-13)11-16/h13,17H,6-12,16H2,1-5H3. The van der Waals surface area contributed by atoms with Gasteiger partial charge in [0.05, 0.1) is 19.5 Å². The van der Waals surface area contributed by atoms with Crippen LogP contribution in [-0.2, 0) is 13.6 Å². The summed E-state index contributed by atoms with van der Waals surface area (Å²) in [6.45, 7) is 11.9. The smallest absolute Gasteiger partial charge is 0.330 e. The van der Waals surface area contributed by atoms with Crippen molar-refractivity contribution < 1.29 is 13.6 Å². The molecule has 1 saturated carbocycles. The number of nitrogens with two attached hydrogens (primary N) is 1. The summed E-state index contributed by atoms with van der Waals surface area (Å²) in [4.78, 5) is 0. The Kier molecular flexibility index (Phi) is 6.88. The third kappa shape index (κ3) is 5.99. The molecule has 2 atom stereocenters. The fourth-order valence-electron chi connectivity index (χ4n) is 3.70. The monoisotopic (exact) mass is 320 g/mol. The van der Waals surface area contributed by atoms with E-state index in [1.165, 1.54) is 0 Å². The van der Waals surface area contributed by atoms with Gasteiger partial charge in [-0.2, -0.15) is 0 Å². The lowest BCUT2D eigenvalue weighted by Gasteiger charge is -2.46. The van der Waals surface area contributed by atoms with Crippen LogP contribution in [0.4, 0.5) is 0 Å². The minimum atomic E-state index is -3.02. The summed E-state index contributed by atoms with van der Waals surface area (Å²) in [6.07, 6.45) is 3.46. The van der Waals surface area contributed by atoms with Gasteiger partial charge in [-0.1, -0.05) is 20.8 Å². The number of rotatable bonds is 8. The predicted molar refractivity (Wildman–Crippen MR) is 87.4 cm³/mol. The Morgan fingerprint density at radius 1 is 1.19 bits per heavy atom. The van der Waals surface area contributed by atoms with Crippen LogP contribution >= 0.6 is 7.60 Å². The summed E-state index contributed by atoms with van der Waals surface area (Å²) < 4.78 is 23.2. The molecule has 0 saturated heterocycles. The lowest BCUT2D eigenvalue weighted by atomic mass is 9.63. The Bertz CT molecular complexity index is 366. The van der Waals surface area contributed by atoms with E-state index in [2.05, 4.69) is 26.1 Å². The van der Waals surface area contributed by atoms with Gasteiger partial charge in [0.2, 0.25) is 0 Å². The molecule has 0 aromatic rings. The fraction of sp³-hybridized carbons (Fsp3) is 1.00. The van der Waals surface area contributed by atoms with E-state index in [0.29, 0.717) is 25.8 Å². The van der Waals surface area contributed by atoms with Gasteiger partial charge in [0.25, 0.3) is 0 Å². The molecule has 2 unspecified atom stereocenters. The number of hydrogen-bond donors (Lipinski definition) is 2. The minimum absolute atomic E-state index is 0.140. The highest BCUT2D eigenvalue weighted by atomic mass is 31.2. The zero-order valence-corrected chi connectivity index (χ0v) is 15.2. The molecule has 0 spiro atoms. The molecule has 0 heterocycles. The summed E-state index contributed by atoms with van der Waals surface area (Å²) in [6, 6.07) is 0.302. The topological polar surface area (TPSA) is 73.6 Å². The van der Waals surface area contributed by atoms with Crippen LogP contribution in [0.15, 0.2) is 0 Å². The van der Waals surface area contributed by atoms with Gasteiger partial charge in [-0.15, -0.1) is 0 Å². The molecule has 3 N–H and O–H groups in total. The minimum Gasteiger partial charge on any atom is -0.330 e. The van der Waals surface area contributed by atoms with E-state index in [9.17, 15) is 4.57 Å². The normalized spacial score (nSPS) is 29.5. The van der Waals surface area contributed by atoms with Crippen molar-refractivity contribution >= 4 is 7.60 Å². The first-order valence-electron chi connectivity index (χ1n) is 7.99. The van der Waals surface area contributed by atoms with E-state index in [4.69, 9.17) is 14.8 Å². The van der Waals surface area contributed by atoms with Crippen LogP contribution in [0.5, 0.6) is 0 Å². The van der Waals surface area contributed by atoms with E-state index in [0.717, 1.165) is 19.3 Å². The largest absolute Gasteiger partial charge is 0.344 e. The maximum Gasteiger partial charge on any atom is 0.344 e. The number of nitrogens with one attached hydrogen (secondary N) is 1. The van der Waals surface area contributed by atoms with Crippen molar-refractivity contribution in [2.45, 2.75) is 59.9 Å². The summed E-state index contributed by atoms with van der Waals surface area (Å²) in [7, 11) is -3.02. The highest BCUT2D eigenvalue weighted by Gasteiger charge is 2.41. The van der Waals surface area contributed by atoms with Gasteiger partial charge in [0, 0.05) is 6.04 Å². The van der Waals surface area contributed by atoms with Crippen LogP contribution in [0.25, 0.3) is 0 Å². The zero-order valence-electron chi connectivity index (χ0n) is 14.3. The first-order valence-corrected chi connectivity index (χ1v) is 9.72. The van der Waals surface area contributed by atoms with Crippen molar-refractivity contribution in [3.05, 3.63) is 0 Å².